The summed E-state index contributed by atoms with van der Waals surface area (Å²) in [6.07, 6.45) is 14.8. The molecule has 0 amide bonds. The van der Waals surface area contributed by atoms with Crippen molar-refractivity contribution in [3.05, 3.63) is 89.3 Å². The molecule has 6 rings (SSSR count). The number of pyridine rings is 1. The van der Waals surface area contributed by atoms with E-state index in [0.29, 0.717) is 11.3 Å². The molecule has 1 radical (unpaired) electrons. The van der Waals surface area contributed by atoms with Crippen molar-refractivity contribution in [2.45, 2.75) is 78.1 Å². The van der Waals surface area contributed by atoms with Crippen molar-refractivity contribution in [2.75, 3.05) is 0 Å². The Labute approximate surface area is 263 Å². The van der Waals surface area contributed by atoms with Crippen LogP contribution in [0.4, 0.5) is 0 Å². The molecule has 2 aliphatic rings. The largest absolute Gasteiger partial charge is 0.512 e. The molecular weight excluding hydrogens is 697 g/mol. The summed E-state index contributed by atoms with van der Waals surface area (Å²) < 4.78 is 0. The number of hydrogen-bond donors (Lipinski definition) is 1. The molecule has 0 bridgehead atoms. The minimum absolute atomic E-state index is 0. The minimum Gasteiger partial charge on any atom is -0.512 e. The van der Waals surface area contributed by atoms with Crippen LogP contribution in [0.1, 0.15) is 80.9 Å². The fraction of sp³-hybridized carbons (Fsp3) is 0.378. The average Bonchev–Trinajstić information content (AvgIpc) is 3.01. The van der Waals surface area contributed by atoms with Crippen LogP contribution in [0.5, 0.6) is 0 Å². The number of fused-ring (bicyclic) bond motifs is 3. The first-order chi connectivity index (χ1) is 19.9. The normalized spacial score (nSPS) is 16.3. The van der Waals surface area contributed by atoms with Gasteiger partial charge in [0.05, 0.1) is 17.4 Å². The predicted molar refractivity (Wildman–Crippen MR) is 167 cm³/mol. The molecule has 42 heavy (non-hydrogen) atoms. The SMILES string of the molecule is Cc1[c-]c(-c2nccc3c2ccc2ccc(C#N)cc23)cc(C)c1.O=C(/C=C(\O)C1CCCCC1)C1CCCCC1.[Ir]. The molecule has 1 N–H and O–H groups in total. The summed E-state index contributed by atoms with van der Waals surface area (Å²) in [5.74, 6) is 0.985. The molecule has 219 valence electrons. The first-order valence-electron chi connectivity index (χ1n) is 15.1. The monoisotopic (exact) mass is 736 g/mol. The third kappa shape index (κ3) is 7.54. The van der Waals surface area contributed by atoms with Crippen LogP contribution in [0.25, 0.3) is 32.8 Å². The Hall–Kier alpha value is -3.32. The van der Waals surface area contributed by atoms with Crippen molar-refractivity contribution in [3.63, 3.8) is 0 Å². The first-order valence-corrected chi connectivity index (χ1v) is 15.1. The van der Waals surface area contributed by atoms with Gasteiger partial charge in [-0.2, -0.15) is 5.26 Å². The van der Waals surface area contributed by atoms with Gasteiger partial charge in [0, 0.05) is 44.2 Å². The summed E-state index contributed by atoms with van der Waals surface area (Å²) in [5, 5.41) is 23.6. The molecule has 4 nitrogen and oxygen atoms in total. The third-order valence-corrected chi connectivity index (χ3v) is 8.62. The van der Waals surface area contributed by atoms with Gasteiger partial charge in [-0.1, -0.05) is 70.6 Å². The van der Waals surface area contributed by atoms with Crippen molar-refractivity contribution in [1.29, 1.82) is 5.26 Å². The van der Waals surface area contributed by atoms with Gasteiger partial charge in [0.2, 0.25) is 0 Å². The number of ketones is 1. The van der Waals surface area contributed by atoms with Crippen LogP contribution in [0.15, 0.2) is 66.6 Å². The van der Waals surface area contributed by atoms with Crippen molar-refractivity contribution >= 4 is 27.3 Å². The zero-order valence-corrected chi connectivity index (χ0v) is 27.0. The average molecular weight is 736 g/mol. The summed E-state index contributed by atoms with van der Waals surface area (Å²) in [5.41, 5.74) is 4.92. The van der Waals surface area contributed by atoms with Crippen molar-refractivity contribution in [3.8, 4) is 17.3 Å². The molecule has 0 spiro atoms. The van der Waals surface area contributed by atoms with E-state index in [0.717, 1.165) is 64.0 Å². The van der Waals surface area contributed by atoms with Crippen LogP contribution in [0.3, 0.4) is 0 Å². The molecule has 2 fully saturated rings. The number of nitriles is 1. The van der Waals surface area contributed by atoms with Gasteiger partial charge in [-0.15, -0.1) is 34.9 Å². The van der Waals surface area contributed by atoms with Gasteiger partial charge in [0.1, 0.15) is 0 Å². The molecule has 2 aliphatic carbocycles. The number of allylic oxidation sites excluding steroid dienone is 2. The van der Waals surface area contributed by atoms with E-state index in [-0.39, 0.29) is 37.7 Å². The summed E-state index contributed by atoms with van der Waals surface area (Å²) >= 11 is 0. The number of carbonyl (C=O) groups excluding carboxylic acids is 1. The van der Waals surface area contributed by atoms with Gasteiger partial charge in [-0.3, -0.25) is 4.79 Å². The second-order valence-electron chi connectivity index (χ2n) is 11.8. The van der Waals surface area contributed by atoms with E-state index in [1.807, 2.05) is 30.5 Å². The number of aliphatic hydroxyl groups excluding tert-OH is 1. The predicted octanol–water partition coefficient (Wildman–Crippen LogP) is 9.50. The summed E-state index contributed by atoms with van der Waals surface area (Å²) in [6.45, 7) is 4.14. The standard InChI is InChI=1S/C22H15N2.C15H24O2.Ir/c1-14-9-15(2)11-18(10-14)22-20-6-5-17-4-3-16(13-23)12-21(17)19(20)7-8-24-22;16-14(12-7-3-1-4-8-12)11-15(17)13-9-5-2-6-10-13;/h3-10,12H,1-2H3;11-13,16H,1-10H2;/q-1;;/b;14-11-;. The Bertz CT molecular complexity index is 1600. The van der Waals surface area contributed by atoms with E-state index < -0.39 is 0 Å². The summed E-state index contributed by atoms with van der Waals surface area (Å²) in [6, 6.07) is 21.9. The van der Waals surface area contributed by atoms with Crippen molar-refractivity contribution < 1.29 is 30.0 Å². The van der Waals surface area contributed by atoms with E-state index in [9.17, 15) is 15.2 Å². The van der Waals surface area contributed by atoms with Crippen LogP contribution in [0, 0.1) is 43.1 Å². The Kier molecular flexibility index (Phi) is 11.1. The molecule has 2 saturated carbocycles. The molecule has 0 atom stereocenters. The molecule has 3 aromatic carbocycles. The fourth-order valence-electron chi connectivity index (χ4n) is 6.46. The number of rotatable bonds is 4. The molecule has 0 saturated heterocycles. The number of aliphatic hydroxyl groups is 1. The minimum atomic E-state index is 0. The zero-order valence-electron chi connectivity index (χ0n) is 24.6. The number of benzene rings is 3. The fourth-order valence-corrected chi connectivity index (χ4v) is 6.46. The van der Waals surface area contributed by atoms with E-state index in [1.54, 1.807) is 6.08 Å². The van der Waals surface area contributed by atoms with Gasteiger partial charge in [0.15, 0.2) is 5.78 Å². The van der Waals surface area contributed by atoms with Crippen molar-refractivity contribution in [2.24, 2.45) is 11.8 Å². The Morgan fingerprint density at radius 2 is 1.55 bits per heavy atom. The van der Waals surface area contributed by atoms with E-state index in [1.165, 1.54) is 44.1 Å². The first kappa shape index (κ1) is 31.6. The Balaban J connectivity index is 0.000000200. The topological polar surface area (TPSA) is 74.0 Å². The zero-order chi connectivity index (χ0) is 28.8. The van der Waals surface area contributed by atoms with E-state index in [2.05, 4.69) is 55.2 Å². The molecule has 4 aromatic rings. The number of hydrogen-bond acceptors (Lipinski definition) is 4. The smallest absolute Gasteiger partial charge is 0.162 e. The summed E-state index contributed by atoms with van der Waals surface area (Å²) in [7, 11) is 0. The molecule has 1 aromatic heterocycles. The van der Waals surface area contributed by atoms with Gasteiger partial charge >= 0.3 is 0 Å². The van der Waals surface area contributed by atoms with Crippen molar-refractivity contribution in [1.82, 2.24) is 4.98 Å². The quantitative estimate of drug-likeness (QED) is 0.0981. The van der Waals surface area contributed by atoms with Gasteiger partial charge < -0.3 is 10.1 Å². The maximum absolute atomic E-state index is 12.0. The number of carbonyl (C=O) groups is 1. The second-order valence-corrected chi connectivity index (χ2v) is 11.8. The molecule has 1 heterocycles. The molecular formula is C37H39IrN2O2-. The number of aromatic nitrogens is 1. The van der Waals surface area contributed by atoms with Crippen LogP contribution in [-0.2, 0) is 24.9 Å². The second kappa shape index (κ2) is 14.7. The molecule has 5 heteroatoms. The third-order valence-electron chi connectivity index (χ3n) is 8.62. The van der Waals surface area contributed by atoms with Crippen LogP contribution >= 0.6 is 0 Å². The Morgan fingerprint density at radius 3 is 2.21 bits per heavy atom. The van der Waals surface area contributed by atoms with E-state index >= 15 is 0 Å². The van der Waals surface area contributed by atoms with Crippen LogP contribution < -0.4 is 0 Å². The molecule has 0 aliphatic heterocycles. The van der Waals surface area contributed by atoms with Crippen LogP contribution in [-0.4, -0.2) is 15.9 Å². The number of nitrogens with zero attached hydrogens (tertiary/aromatic N) is 2. The van der Waals surface area contributed by atoms with E-state index in [4.69, 9.17) is 0 Å². The Morgan fingerprint density at radius 1 is 0.881 bits per heavy atom. The number of aryl methyl sites for hydroxylation is 2. The summed E-state index contributed by atoms with van der Waals surface area (Å²) in [4.78, 5) is 16.6. The van der Waals surface area contributed by atoms with Gasteiger partial charge in [-0.25, -0.2) is 0 Å². The van der Waals surface area contributed by atoms with Gasteiger partial charge in [0.25, 0.3) is 0 Å². The van der Waals surface area contributed by atoms with Crippen LogP contribution in [0.2, 0.25) is 0 Å². The van der Waals surface area contributed by atoms with Gasteiger partial charge in [-0.05, 0) is 71.1 Å². The maximum Gasteiger partial charge on any atom is 0.162 e. The maximum atomic E-state index is 12.0. The molecule has 0 unspecified atom stereocenters.